The topological polar surface area (TPSA) is 55.8 Å². The van der Waals surface area contributed by atoms with Crippen LogP contribution in [0.5, 0.6) is 5.75 Å². The average Bonchev–Trinajstić information content (AvgIpc) is 2.58. The molecule has 1 aromatic carbocycles. The molecule has 0 radical (unpaired) electrons. The smallest absolute Gasteiger partial charge is 0.419 e. The van der Waals surface area contributed by atoms with Crippen LogP contribution in [0.2, 0.25) is 0 Å². The second-order valence-corrected chi connectivity index (χ2v) is 9.72. The molecule has 7 heteroatoms. The first-order valence-electron chi connectivity index (χ1n) is 10.2. The lowest BCUT2D eigenvalue weighted by Crippen LogP contribution is -2.49. The SMILES string of the molecule is CC(C)(OCC12CC3CC(CC(C3)C1)C2)Oc1cc(C(=O)O)ccc1C(F)(F)F. The number of benzene rings is 1. The summed E-state index contributed by atoms with van der Waals surface area (Å²) in [6, 6.07) is 2.59. The van der Waals surface area contributed by atoms with E-state index in [0.29, 0.717) is 6.61 Å². The lowest BCUT2D eigenvalue weighted by Gasteiger charge is -2.57. The minimum absolute atomic E-state index is 0.102. The maximum absolute atomic E-state index is 13.4. The number of ether oxygens (including phenoxy) is 2. The number of alkyl halides is 3. The largest absolute Gasteiger partial charge is 0.478 e. The second kappa shape index (κ2) is 6.89. The van der Waals surface area contributed by atoms with Gasteiger partial charge in [-0.2, -0.15) is 13.2 Å². The van der Waals surface area contributed by atoms with Crippen LogP contribution >= 0.6 is 0 Å². The monoisotopic (exact) mass is 412 g/mol. The van der Waals surface area contributed by atoms with Gasteiger partial charge in [0, 0.05) is 13.8 Å². The Balaban J connectivity index is 1.50. The van der Waals surface area contributed by atoms with Crippen molar-refractivity contribution in [2.24, 2.45) is 23.2 Å². The minimum Gasteiger partial charge on any atom is -0.478 e. The van der Waals surface area contributed by atoms with Crippen LogP contribution < -0.4 is 4.74 Å². The molecule has 4 aliphatic carbocycles. The van der Waals surface area contributed by atoms with Gasteiger partial charge in [-0.3, -0.25) is 0 Å². The summed E-state index contributed by atoms with van der Waals surface area (Å²) in [6.07, 6.45) is 2.62. The van der Waals surface area contributed by atoms with Crippen molar-refractivity contribution in [2.75, 3.05) is 6.61 Å². The van der Waals surface area contributed by atoms with Crippen LogP contribution in [0.1, 0.15) is 68.3 Å². The van der Waals surface area contributed by atoms with E-state index in [-0.39, 0.29) is 11.0 Å². The van der Waals surface area contributed by atoms with Crippen LogP contribution in [0.15, 0.2) is 18.2 Å². The van der Waals surface area contributed by atoms with Crippen molar-refractivity contribution in [2.45, 2.75) is 64.3 Å². The van der Waals surface area contributed by atoms with Gasteiger partial charge in [0.2, 0.25) is 5.79 Å². The molecule has 160 valence electrons. The van der Waals surface area contributed by atoms with Crippen molar-refractivity contribution in [3.8, 4) is 5.75 Å². The van der Waals surface area contributed by atoms with Crippen molar-refractivity contribution >= 4 is 5.97 Å². The van der Waals surface area contributed by atoms with Crippen LogP contribution in [0.25, 0.3) is 0 Å². The van der Waals surface area contributed by atoms with Gasteiger partial charge in [0.05, 0.1) is 17.7 Å². The van der Waals surface area contributed by atoms with E-state index in [2.05, 4.69) is 0 Å². The highest BCUT2D eigenvalue weighted by atomic mass is 19.4. The maximum atomic E-state index is 13.4. The van der Waals surface area contributed by atoms with E-state index in [9.17, 15) is 18.0 Å². The van der Waals surface area contributed by atoms with Crippen LogP contribution in [0.4, 0.5) is 13.2 Å². The van der Waals surface area contributed by atoms with E-state index in [0.717, 1.165) is 55.2 Å². The Hall–Kier alpha value is -1.76. The number of carbonyl (C=O) groups is 1. The summed E-state index contributed by atoms with van der Waals surface area (Å²) in [5.41, 5.74) is -1.16. The van der Waals surface area contributed by atoms with Crippen molar-refractivity contribution in [1.82, 2.24) is 0 Å². The molecule has 0 spiro atoms. The number of rotatable bonds is 6. The molecule has 4 nitrogen and oxygen atoms in total. The molecule has 0 aromatic heterocycles. The van der Waals surface area contributed by atoms with Crippen LogP contribution in [-0.2, 0) is 10.9 Å². The molecule has 4 aliphatic rings. The fourth-order valence-electron chi connectivity index (χ4n) is 6.06. The average molecular weight is 412 g/mol. The van der Waals surface area contributed by atoms with Crippen LogP contribution in [0, 0.1) is 23.2 Å². The normalized spacial score (nSPS) is 31.1. The Morgan fingerprint density at radius 2 is 1.66 bits per heavy atom. The van der Waals surface area contributed by atoms with E-state index >= 15 is 0 Å². The quantitative estimate of drug-likeness (QED) is 0.605. The molecule has 1 aromatic rings. The van der Waals surface area contributed by atoms with E-state index in [4.69, 9.17) is 14.6 Å². The molecule has 5 rings (SSSR count). The molecule has 0 aliphatic heterocycles. The zero-order chi connectivity index (χ0) is 21.0. The lowest BCUT2D eigenvalue weighted by molar-refractivity contribution is -0.203. The Bertz CT molecular complexity index is 764. The number of hydrogen-bond acceptors (Lipinski definition) is 3. The Morgan fingerprint density at radius 3 is 2.14 bits per heavy atom. The third-order valence-corrected chi connectivity index (χ3v) is 6.78. The molecule has 4 bridgehead atoms. The molecule has 0 amide bonds. The van der Waals surface area contributed by atoms with Gasteiger partial charge in [0.25, 0.3) is 0 Å². The molecule has 0 saturated heterocycles. The van der Waals surface area contributed by atoms with E-state index < -0.39 is 29.2 Å². The molecule has 4 fully saturated rings. The van der Waals surface area contributed by atoms with Gasteiger partial charge in [-0.1, -0.05) is 0 Å². The minimum atomic E-state index is -4.65. The first-order valence-corrected chi connectivity index (χ1v) is 10.2. The molecule has 0 unspecified atom stereocenters. The zero-order valence-corrected chi connectivity index (χ0v) is 16.7. The third kappa shape index (κ3) is 4.25. The second-order valence-electron chi connectivity index (χ2n) is 9.72. The van der Waals surface area contributed by atoms with E-state index in [1.807, 2.05) is 0 Å². The van der Waals surface area contributed by atoms with Gasteiger partial charge in [-0.25, -0.2) is 4.79 Å². The molecule has 29 heavy (non-hydrogen) atoms. The fraction of sp³-hybridized carbons (Fsp3) is 0.682. The summed E-state index contributed by atoms with van der Waals surface area (Å²) in [4.78, 5) is 11.2. The Labute approximate surface area is 168 Å². The van der Waals surface area contributed by atoms with E-state index in [1.165, 1.54) is 19.3 Å². The van der Waals surface area contributed by atoms with Crippen molar-refractivity contribution in [3.05, 3.63) is 29.3 Å². The summed E-state index contributed by atoms with van der Waals surface area (Å²) >= 11 is 0. The molecular weight excluding hydrogens is 385 g/mol. The molecule has 0 heterocycles. The summed E-state index contributed by atoms with van der Waals surface area (Å²) in [5, 5.41) is 9.13. The Morgan fingerprint density at radius 1 is 1.10 bits per heavy atom. The maximum Gasteiger partial charge on any atom is 0.419 e. The fourth-order valence-corrected chi connectivity index (χ4v) is 6.06. The summed E-state index contributed by atoms with van der Waals surface area (Å²) in [6.45, 7) is 3.63. The first-order chi connectivity index (χ1) is 13.4. The molecular formula is C22H27F3O4. The number of carboxylic acid groups (broad SMARTS) is 1. The van der Waals surface area contributed by atoms with Crippen molar-refractivity contribution in [1.29, 1.82) is 0 Å². The third-order valence-electron chi connectivity index (χ3n) is 6.78. The van der Waals surface area contributed by atoms with Gasteiger partial charge >= 0.3 is 12.1 Å². The van der Waals surface area contributed by atoms with Gasteiger partial charge in [-0.15, -0.1) is 0 Å². The highest BCUT2D eigenvalue weighted by Gasteiger charge is 2.51. The van der Waals surface area contributed by atoms with Gasteiger partial charge in [0.1, 0.15) is 5.75 Å². The molecule has 1 N–H and O–H groups in total. The number of carboxylic acids is 1. The Kier molecular flexibility index (Phi) is 4.88. The molecule has 4 saturated carbocycles. The standard InChI is InChI=1S/C22H27F3O4/c1-20(2,28-12-21-9-13-5-14(10-21)7-15(6-13)11-21)29-18-8-16(19(26)27)3-4-17(18)22(23,24)25/h3-4,8,13-15H,5-7,9-12H2,1-2H3,(H,26,27). The number of hydrogen-bond donors (Lipinski definition) is 1. The van der Waals surface area contributed by atoms with E-state index in [1.54, 1.807) is 13.8 Å². The summed E-state index contributed by atoms with van der Waals surface area (Å²) < 4.78 is 51.8. The highest BCUT2D eigenvalue weighted by molar-refractivity contribution is 5.88. The lowest BCUT2D eigenvalue weighted by atomic mass is 9.50. The van der Waals surface area contributed by atoms with Crippen LogP contribution in [0.3, 0.4) is 0 Å². The number of aromatic carboxylic acids is 1. The predicted octanol–water partition coefficient (Wildman–Crippen LogP) is 5.75. The van der Waals surface area contributed by atoms with Crippen molar-refractivity contribution in [3.63, 3.8) is 0 Å². The number of halogens is 3. The molecule has 0 atom stereocenters. The van der Waals surface area contributed by atoms with Crippen molar-refractivity contribution < 1.29 is 32.5 Å². The summed E-state index contributed by atoms with van der Waals surface area (Å²) in [7, 11) is 0. The van der Waals surface area contributed by atoms with Gasteiger partial charge < -0.3 is 14.6 Å². The predicted molar refractivity (Wildman–Crippen MR) is 99.7 cm³/mol. The van der Waals surface area contributed by atoms with Crippen LogP contribution in [-0.4, -0.2) is 23.5 Å². The zero-order valence-electron chi connectivity index (χ0n) is 16.7. The first kappa shape index (κ1) is 20.5. The summed E-state index contributed by atoms with van der Waals surface area (Å²) in [5.74, 6) is -0.891. The van der Waals surface area contributed by atoms with Gasteiger partial charge in [-0.05, 0) is 79.9 Å². The van der Waals surface area contributed by atoms with Gasteiger partial charge in [0.15, 0.2) is 0 Å². The highest BCUT2D eigenvalue weighted by Crippen LogP contribution is 2.60.